The smallest absolute Gasteiger partial charge is 0.417 e. The van der Waals surface area contributed by atoms with E-state index >= 15 is 0 Å². The van der Waals surface area contributed by atoms with Crippen molar-refractivity contribution in [3.05, 3.63) is 51.5 Å². The summed E-state index contributed by atoms with van der Waals surface area (Å²) in [6.45, 7) is 0. The van der Waals surface area contributed by atoms with E-state index in [9.17, 15) is 23.1 Å². The van der Waals surface area contributed by atoms with E-state index in [0.717, 1.165) is 6.07 Å². The molecule has 2 aromatic carbocycles. The summed E-state index contributed by atoms with van der Waals surface area (Å²) in [4.78, 5) is 11.2. The first-order chi connectivity index (χ1) is 10.1. The number of alkyl halides is 3. The van der Waals surface area contributed by atoms with Gasteiger partial charge in [-0.05, 0) is 18.2 Å². The van der Waals surface area contributed by atoms with Crippen molar-refractivity contribution in [1.29, 1.82) is 0 Å². The number of halogens is 5. The molecule has 3 N–H and O–H groups in total. The molecule has 0 atom stereocenters. The molecule has 22 heavy (non-hydrogen) atoms. The van der Waals surface area contributed by atoms with E-state index in [-0.39, 0.29) is 21.7 Å². The summed E-state index contributed by atoms with van der Waals surface area (Å²) in [6, 6.07) is 5.71. The van der Waals surface area contributed by atoms with Gasteiger partial charge in [0.2, 0.25) is 0 Å². The normalized spacial score (nSPS) is 11.5. The maximum atomic E-state index is 12.8. The van der Waals surface area contributed by atoms with Crippen LogP contribution in [0, 0.1) is 0 Å². The Morgan fingerprint density at radius 3 is 2.27 bits per heavy atom. The van der Waals surface area contributed by atoms with Crippen LogP contribution in [0.2, 0.25) is 10.0 Å². The zero-order chi connectivity index (χ0) is 16.7. The molecule has 116 valence electrons. The minimum atomic E-state index is -4.66. The Bertz CT molecular complexity index is 760. The fourth-order valence-corrected chi connectivity index (χ4v) is 2.47. The molecule has 0 heterocycles. The molecule has 0 aliphatic carbocycles. The molecule has 0 fully saturated rings. The predicted molar refractivity (Wildman–Crippen MR) is 77.1 cm³/mol. The van der Waals surface area contributed by atoms with Gasteiger partial charge < -0.3 is 10.8 Å². The molecule has 0 aromatic heterocycles. The first-order valence-electron chi connectivity index (χ1n) is 5.81. The van der Waals surface area contributed by atoms with Gasteiger partial charge in [-0.1, -0.05) is 35.3 Å². The minimum Gasteiger partial charge on any atom is -0.506 e. The summed E-state index contributed by atoms with van der Waals surface area (Å²) in [5, 5.41) is 9.19. The van der Waals surface area contributed by atoms with Gasteiger partial charge in [0.15, 0.2) is 0 Å². The van der Waals surface area contributed by atoms with Crippen molar-refractivity contribution >= 4 is 29.1 Å². The number of carbonyl (C=O) groups is 1. The maximum absolute atomic E-state index is 12.8. The Kier molecular flexibility index (Phi) is 4.26. The van der Waals surface area contributed by atoms with Crippen LogP contribution in [0.15, 0.2) is 30.3 Å². The second kappa shape index (κ2) is 5.70. The lowest BCUT2D eigenvalue weighted by atomic mass is 9.99. The second-order valence-corrected chi connectivity index (χ2v) is 5.19. The van der Waals surface area contributed by atoms with Crippen LogP contribution in [0.1, 0.15) is 15.9 Å². The number of carbonyl (C=O) groups excluding carboxylic acids is 1. The summed E-state index contributed by atoms with van der Waals surface area (Å²) in [7, 11) is 0. The lowest BCUT2D eigenvalue weighted by Gasteiger charge is -2.14. The Morgan fingerprint density at radius 1 is 1.09 bits per heavy atom. The fraction of sp³-hybridized carbons (Fsp3) is 0.0714. The summed E-state index contributed by atoms with van der Waals surface area (Å²) in [5.74, 6) is -1.36. The Labute approximate surface area is 133 Å². The van der Waals surface area contributed by atoms with Crippen molar-refractivity contribution in [2.75, 3.05) is 0 Å². The largest absolute Gasteiger partial charge is 0.506 e. The van der Waals surface area contributed by atoms with Gasteiger partial charge in [0.1, 0.15) is 5.75 Å². The van der Waals surface area contributed by atoms with Gasteiger partial charge in [0, 0.05) is 16.1 Å². The quantitative estimate of drug-likeness (QED) is 0.839. The third-order valence-electron chi connectivity index (χ3n) is 2.95. The average Bonchev–Trinajstić information content (AvgIpc) is 2.40. The number of phenols is 1. The number of rotatable bonds is 2. The minimum absolute atomic E-state index is 0.0527. The number of nitrogens with two attached hydrogens (primary N) is 1. The van der Waals surface area contributed by atoms with Gasteiger partial charge in [-0.2, -0.15) is 13.2 Å². The standard InChI is InChI=1S/C14H8Cl2F3NO2/c15-10-5-9(14(17,18)19)11(16)4-8(10)6-2-1-3-7(12(6)21)13(20)22/h1-5,21H,(H2,20,22). The second-order valence-electron chi connectivity index (χ2n) is 4.38. The van der Waals surface area contributed by atoms with Crippen LogP contribution in [0.25, 0.3) is 11.1 Å². The molecule has 0 spiro atoms. The number of para-hydroxylation sites is 1. The van der Waals surface area contributed by atoms with Crippen LogP contribution in [0.4, 0.5) is 13.2 Å². The zero-order valence-electron chi connectivity index (χ0n) is 10.7. The summed E-state index contributed by atoms with van der Waals surface area (Å²) >= 11 is 11.5. The highest BCUT2D eigenvalue weighted by Gasteiger charge is 2.34. The Morgan fingerprint density at radius 2 is 1.73 bits per heavy atom. The van der Waals surface area contributed by atoms with Gasteiger partial charge >= 0.3 is 6.18 Å². The molecule has 1 amide bonds. The van der Waals surface area contributed by atoms with Crippen LogP contribution >= 0.6 is 23.2 Å². The molecular weight excluding hydrogens is 342 g/mol. The van der Waals surface area contributed by atoms with E-state index in [1.807, 2.05) is 0 Å². The number of amides is 1. The van der Waals surface area contributed by atoms with Gasteiger partial charge in [0.25, 0.3) is 5.91 Å². The summed E-state index contributed by atoms with van der Waals surface area (Å²) < 4.78 is 38.3. The first-order valence-corrected chi connectivity index (χ1v) is 6.57. The van der Waals surface area contributed by atoms with Crippen molar-refractivity contribution in [3.63, 3.8) is 0 Å². The van der Waals surface area contributed by atoms with Crippen LogP contribution in [0.5, 0.6) is 5.75 Å². The molecule has 0 saturated carbocycles. The lowest BCUT2D eigenvalue weighted by molar-refractivity contribution is -0.137. The van der Waals surface area contributed by atoms with E-state index in [2.05, 4.69) is 0 Å². The van der Waals surface area contributed by atoms with Gasteiger partial charge in [-0.15, -0.1) is 0 Å². The molecule has 0 unspecified atom stereocenters. The lowest BCUT2D eigenvalue weighted by Crippen LogP contribution is -2.11. The number of hydrogen-bond donors (Lipinski definition) is 2. The average molecular weight is 350 g/mol. The zero-order valence-corrected chi connectivity index (χ0v) is 12.2. The molecule has 3 nitrogen and oxygen atoms in total. The topological polar surface area (TPSA) is 63.3 Å². The van der Waals surface area contributed by atoms with Crippen LogP contribution < -0.4 is 5.73 Å². The molecule has 0 aliphatic heterocycles. The molecule has 0 saturated heterocycles. The third-order valence-corrected chi connectivity index (χ3v) is 3.58. The SMILES string of the molecule is NC(=O)c1cccc(-c2cc(Cl)c(C(F)(F)F)cc2Cl)c1O. The van der Waals surface area contributed by atoms with Crippen molar-refractivity contribution in [3.8, 4) is 16.9 Å². The highest BCUT2D eigenvalue weighted by Crippen LogP contribution is 2.43. The van der Waals surface area contributed by atoms with Crippen molar-refractivity contribution in [1.82, 2.24) is 0 Å². The molecule has 0 bridgehead atoms. The predicted octanol–water partition coefficient (Wildman–Crippen LogP) is 4.48. The fourth-order valence-electron chi connectivity index (χ4n) is 1.93. The third kappa shape index (κ3) is 2.98. The van der Waals surface area contributed by atoms with Crippen LogP contribution in [-0.2, 0) is 6.18 Å². The number of aromatic hydroxyl groups is 1. The van der Waals surface area contributed by atoms with Crippen molar-refractivity contribution < 1.29 is 23.1 Å². The van der Waals surface area contributed by atoms with E-state index in [0.29, 0.717) is 6.07 Å². The molecule has 8 heteroatoms. The van der Waals surface area contributed by atoms with Gasteiger partial charge in [-0.3, -0.25) is 4.79 Å². The highest BCUT2D eigenvalue weighted by atomic mass is 35.5. The summed E-state index contributed by atoms with van der Waals surface area (Å²) in [6.07, 6.45) is -4.66. The van der Waals surface area contributed by atoms with E-state index in [1.165, 1.54) is 18.2 Å². The van der Waals surface area contributed by atoms with E-state index in [4.69, 9.17) is 28.9 Å². The number of benzene rings is 2. The molecule has 0 radical (unpaired) electrons. The van der Waals surface area contributed by atoms with Crippen LogP contribution in [-0.4, -0.2) is 11.0 Å². The maximum Gasteiger partial charge on any atom is 0.417 e. The van der Waals surface area contributed by atoms with Crippen molar-refractivity contribution in [2.24, 2.45) is 5.73 Å². The number of hydrogen-bond acceptors (Lipinski definition) is 2. The molecule has 2 rings (SSSR count). The molecule has 2 aromatic rings. The van der Waals surface area contributed by atoms with Crippen LogP contribution in [0.3, 0.4) is 0 Å². The molecule has 0 aliphatic rings. The Balaban J connectivity index is 2.68. The van der Waals surface area contributed by atoms with Crippen molar-refractivity contribution in [2.45, 2.75) is 6.18 Å². The Hall–Kier alpha value is -1.92. The van der Waals surface area contributed by atoms with E-state index in [1.54, 1.807) is 0 Å². The van der Waals surface area contributed by atoms with E-state index < -0.39 is 28.4 Å². The van der Waals surface area contributed by atoms with Gasteiger partial charge in [-0.25, -0.2) is 0 Å². The summed E-state index contributed by atoms with van der Waals surface area (Å²) in [5.41, 5.74) is 3.95. The monoisotopic (exact) mass is 349 g/mol. The highest BCUT2D eigenvalue weighted by molar-refractivity contribution is 6.36. The van der Waals surface area contributed by atoms with Gasteiger partial charge in [0.05, 0.1) is 16.1 Å². The number of primary amides is 1. The first kappa shape index (κ1) is 16.5. The molecular formula is C14H8Cl2F3NO2.